The Hall–Kier alpha value is -2.22. The second-order valence-corrected chi connectivity index (χ2v) is 4.84. The van der Waals surface area contributed by atoms with Crippen LogP contribution >= 0.6 is 15.9 Å². The summed E-state index contributed by atoms with van der Waals surface area (Å²) in [6, 6.07) is 5.28. The fourth-order valence-electron chi connectivity index (χ4n) is 1.53. The molecular weight excluding hydrogens is 333 g/mol. The second kappa shape index (κ2) is 5.41. The van der Waals surface area contributed by atoms with E-state index in [1.165, 1.54) is 19.2 Å². The first-order chi connectivity index (χ1) is 9.38. The highest BCUT2D eigenvalue weighted by Gasteiger charge is 2.15. The van der Waals surface area contributed by atoms with E-state index in [2.05, 4.69) is 26.3 Å². The molecule has 0 amide bonds. The van der Waals surface area contributed by atoms with Crippen molar-refractivity contribution in [3.63, 3.8) is 0 Å². The molecule has 0 aliphatic heterocycles. The molecule has 0 aliphatic rings. The zero-order valence-corrected chi connectivity index (χ0v) is 11.8. The molecule has 1 aromatic heterocycles. The number of halogens is 2. The molecule has 1 aromatic carbocycles. The van der Waals surface area contributed by atoms with Crippen LogP contribution in [0.1, 0.15) is 10.5 Å². The van der Waals surface area contributed by atoms with Crippen LogP contribution in [0, 0.1) is 5.82 Å². The van der Waals surface area contributed by atoms with Gasteiger partial charge in [-0.2, -0.15) is 5.10 Å². The van der Waals surface area contributed by atoms with Gasteiger partial charge in [-0.1, -0.05) is 15.9 Å². The van der Waals surface area contributed by atoms with Crippen molar-refractivity contribution in [3.05, 3.63) is 50.6 Å². The number of carbonyl (C=O) groups is 1. The molecule has 0 atom stereocenters. The molecule has 8 heteroatoms. The van der Waals surface area contributed by atoms with Crippen molar-refractivity contribution in [2.45, 2.75) is 0 Å². The lowest BCUT2D eigenvalue weighted by atomic mass is 10.2. The average Bonchev–Trinajstić information content (AvgIpc) is 2.36. The van der Waals surface area contributed by atoms with Gasteiger partial charge in [0.15, 0.2) is 5.69 Å². The number of carboxylic acids is 1. The lowest BCUT2D eigenvalue weighted by Crippen LogP contribution is -2.23. The predicted molar refractivity (Wildman–Crippen MR) is 73.8 cm³/mol. The molecule has 0 bridgehead atoms. The fourth-order valence-corrected chi connectivity index (χ4v) is 1.86. The molecule has 2 N–H and O–H groups in total. The van der Waals surface area contributed by atoms with Crippen LogP contribution in [0.2, 0.25) is 0 Å². The quantitative estimate of drug-likeness (QED) is 0.893. The van der Waals surface area contributed by atoms with Crippen molar-refractivity contribution in [2.75, 3.05) is 5.32 Å². The van der Waals surface area contributed by atoms with Gasteiger partial charge in [0.2, 0.25) is 0 Å². The van der Waals surface area contributed by atoms with E-state index in [4.69, 9.17) is 5.11 Å². The summed E-state index contributed by atoms with van der Waals surface area (Å²) >= 11 is 3.11. The first-order valence-corrected chi connectivity index (χ1v) is 6.21. The van der Waals surface area contributed by atoms with E-state index in [1.54, 1.807) is 6.07 Å². The van der Waals surface area contributed by atoms with Crippen LogP contribution in [-0.2, 0) is 7.05 Å². The van der Waals surface area contributed by atoms with Crippen LogP contribution in [0.4, 0.5) is 15.8 Å². The monoisotopic (exact) mass is 341 g/mol. The Kier molecular flexibility index (Phi) is 3.84. The molecule has 0 aliphatic carbocycles. The number of aromatic carboxylic acids is 1. The number of nitrogens with zero attached hydrogens (tertiary/aromatic N) is 2. The summed E-state index contributed by atoms with van der Waals surface area (Å²) in [5.74, 6) is -1.91. The molecule has 0 spiro atoms. The zero-order chi connectivity index (χ0) is 14.9. The maximum atomic E-state index is 13.7. The molecule has 0 unspecified atom stereocenters. The van der Waals surface area contributed by atoms with Crippen LogP contribution < -0.4 is 10.9 Å². The van der Waals surface area contributed by atoms with Gasteiger partial charge in [0.25, 0.3) is 5.56 Å². The zero-order valence-electron chi connectivity index (χ0n) is 10.2. The second-order valence-electron chi connectivity index (χ2n) is 3.92. The van der Waals surface area contributed by atoms with Gasteiger partial charge < -0.3 is 10.4 Å². The van der Waals surface area contributed by atoms with Crippen molar-refractivity contribution in [3.8, 4) is 0 Å². The summed E-state index contributed by atoms with van der Waals surface area (Å²) in [7, 11) is 1.33. The van der Waals surface area contributed by atoms with Gasteiger partial charge >= 0.3 is 5.97 Å². The smallest absolute Gasteiger partial charge is 0.358 e. The predicted octanol–water partition coefficient (Wildman–Crippen LogP) is 2.12. The largest absolute Gasteiger partial charge is 0.476 e. The van der Waals surface area contributed by atoms with Crippen molar-refractivity contribution in [2.24, 2.45) is 7.05 Å². The highest BCUT2D eigenvalue weighted by molar-refractivity contribution is 9.10. The molecule has 6 nitrogen and oxygen atoms in total. The summed E-state index contributed by atoms with van der Waals surface area (Å²) in [6.07, 6.45) is 0. The number of carboxylic acid groups (broad SMARTS) is 1. The van der Waals surface area contributed by atoms with E-state index >= 15 is 0 Å². The van der Waals surface area contributed by atoms with Crippen LogP contribution in [0.25, 0.3) is 0 Å². The van der Waals surface area contributed by atoms with E-state index < -0.39 is 17.3 Å². The third-order valence-corrected chi connectivity index (χ3v) is 2.99. The Morgan fingerprint density at radius 3 is 2.70 bits per heavy atom. The van der Waals surface area contributed by atoms with Gasteiger partial charge in [0.05, 0.1) is 11.4 Å². The number of nitrogens with one attached hydrogen (secondary N) is 1. The van der Waals surface area contributed by atoms with Gasteiger partial charge in [0, 0.05) is 17.6 Å². The molecular formula is C12H9BrFN3O3. The van der Waals surface area contributed by atoms with Crippen LogP contribution in [0.3, 0.4) is 0 Å². The highest BCUT2D eigenvalue weighted by atomic mass is 79.9. The van der Waals surface area contributed by atoms with Gasteiger partial charge in [-0.05, 0) is 18.2 Å². The number of benzene rings is 1. The van der Waals surface area contributed by atoms with Crippen LogP contribution in [-0.4, -0.2) is 20.9 Å². The molecule has 104 valence electrons. The summed E-state index contributed by atoms with van der Waals surface area (Å²) in [5, 5.41) is 15.2. The number of hydrogen-bond donors (Lipinski definition) is 2. The number of aryl methyl sites for hydroxylation is 1. The molecule has 20 heavy (non-hydrogen) atoms. The van der Waals surface area contributed by atoms with Crippen molar-refractivity contribution in [1.82, 2.24) is 9.78 Å². The maximum Gasteiger partial charge on any atom is 0.358 e. The Labute approximate surface area is 121 Å². The topological polar surface area (TPSA) is 84.2 Å². The molecule has 2 rings (SSSR count). The van der Waals surface area contributed by atoms with Gasteiger partial charge in [-0.25, -0.2) is 13.9 Å². The Bertz CT molecular complexity index is 745. The van der Waals surface area contributed by atoms with Gasteiger partial charge in [-0.15, -0.1) is 0 Å². The first kappa shape index (κ1) is 14.2. The Morgan fingerprint density at radius 2 is 2.10 bits per heavy atom. The van der Waals surface area contributed by atoms with Crippen molar-refractivity contribution in [1.29, 1.82) is 0 Å². The molecule has 2 aromatic rings. The standard InChI is InChI=1S/C12H9BrFN3O3/c1-17-10(18)5-9(11(16-17)12(19)20)15-8-3-2-6(13)4-7(8)14/h2-5,15H,1H3,(H,19,20). The molecule has 0 saturated heterocycles. The highest BCUT2D eigenvalue weighted by Crippen LogP contribution is 2.23. The van der Waals surface area contributed by atoms with Gasteiger partial charge in [0.1, 0.15) is 5.82 Å². The van der Waals surface area contributed by atoms with Crippen molar-refractivity contribution >= 4 is 33.3 Å². The van der Waals surface area contributed by atoms with Crippen LogP contribution in [0.15, 0.2) is 33.5 Å². The maximum absolute atomic E-state index is 13.7. The normalized spacial score (nSPS) is 10.3. The van der Waals surface area contributed by atoms with E-state index in [0.717, 1.165) is 10.7 Å². The fraction of sp³-hybridized carbons (Fsp3) is 0.0833. The van der Waals surface area contributed by atoms with Gasteiger partial charge in [-0.3, -0.25) is 4.79 Å². The minimum atomic E-state index is -1.32. The molecule has 0 radical (unpaired) electrons. The summed E-state index contributed by atoms with van der Waals surface area (Å²) < 4.78 is 15.1. The van der Waals surface area contributed by atoms with Crippen molar-refractivity contribution < 1.29 is 14.3 Å². The van der Waals surface area contributed by atoms with E-state index in [1.807, 2.05) is 0 Å². The third-order valence-electron chi connectivity index (χ3n) is 2.49. The van der Waals surface area contributed by atoms with E-state index in [-0.39, 0.29) is 17.1 Å². The lowest BCUT2D eigenvalue weighted by molar-refractivity contribution is 0.0689. The third kappa shape index (κ3) is 2.85. The Morgan fingerprint density at radius 1 is 1.40 bits per heavy atom. The van der Waals surface area contributed by atoms with E-state index in [9.17, 15) is 14.0 Å². The average molecular weight is 342 g/mol. The lowest BCUT2D eigenvalue weighted by Gasteiger charge is -2.10. The SMILES string of the molecule is Cn1nc(C(=O)O)c(Nc2ccc(Br)cc2F)cc1=O. The number of aromatic nitrogens is 2. The number of rotatable bonds is 3. The summed E-state index contributed by atoms with van der Waals surface area (Å²) in [5.41, 5.74) is -0.892. The summed E-state index contributed by atoms with van der Waals surface area (Å²) in [6.45, 7) is 0. The first-order valence-electron chi connectivity index (χ1n) is 5.42. The Balaban J connectivity index is 2.50. The summed E-state index contributed by atoms with van der Waals surface area (Å²) in [4.78, 5) is 22.6. The molecule has 1 heterocycles. The molecule has 0 fully saturated rings. The van der Waals surface area contributed by atoms with E-state index in [0.29, 0.717) is 4.47 Å². The van der Waals surface area contributed by atoms with Crippen LogP contribution in [0.5, 0.6) is 0 Å². The minimum absolute atomic E-state index is 0.0470. The number of hydrogen-bond acceptors (Lipinski definition) is 4. The number of anilines is 2. The molecule has 0 saturated carbocycles. The minimum Gasteiger partial charge on any atom is -0.476 e.